The van der Waals surface area contributed by atoms with Gasteiger partial charge >= 0.3 is 0 Å². The molecule has 1 aliphatic carbocycles. The highest BCUT2D eigenvalue weighted by Crippen LogP contribution is 2.28. The standard InChI is InChI=1S/C38H42FN3O5S2/c1-3-47-32-19-17-31(18-20-32)42(49(45,46)34-23-21-33(48-2)22-24-34)27-37(43)41(26-29-13-7-10-16-35(29)39)36(25-28-11-5-4-6-12-28)38(44)40-30-14-8-9-15-30/h4-7,10-13,16-24,30,36H,3,8-9,14-15,25-27H2,1-2H3,(H,40,44)/t36-/m1/s1. The molecule has 8 nitrogen and oxygen atoms in total. The van der Waals surface area contributed by atoms with E-state index in [1.54, 1.807) is 54.6 Å². The first-order chi connectivity index (χ1) is 23.7. The molecule has 1 fully saturated rings. The maximum Gasteiger partial charge on any atom is 0.264 e. The van der Waals surface area contributed by atoms with Gasteiger partial charge in [0.2, 0.25) is 11.8 Å². The van der Waals surface area contributed by atoms with Crippen LogP contribution in [-0.2, 0) is 32.6 Å². The first-order valence-electron chi connectivity index (χ1n) is 16.5. The lowest BCUT2D eigenvalue weighted by atomic mass is 10.0. The number of hydrogen-bond acceptors (Lipinski definition) is 6. The molecule has 0 spiro atoms. The summed E-state index contributed by atoms with van der Waals surface area (Å²) in [7, 11) is -4.28. The largest absolute Gasteiger partial charge is 0.494 e. The van der Waals surface area contributed by atoms with Crippen LogP contribution in [-0.4, -0.2) is 56.6 Å². The minimum Gasteiger partial charge on any atom is -0.494 e. The molecule has 2 amide bonds. The number of carbonyl (C=O) groups is 2. The minimum atomic E-state index is -4.28. The smallest absolute Gasteiger partial charge is 0.264 e. The molecule has 0 radical (unpaired) electrons. The molecule has 1 N–H and O–H groups in total. The number of ether oxygens (including phenoxy) is 1. The van der Waals surface area contributed by atoms with Crippen molar-refractivity contribution in [1.29, 1.82) is 0 Å². The summed E-state index contributed by atoms with van der Waals surface area (Å²) in [6.07, 6.45) is 5.73. The van der Waals surface area contributed by atoms with Crippen molar-refractivity contribution in [1.82, 2.24) is 10.2 Å². The summed E-state index contributed by atoms with van der Waals surface area (Å²) < 4.78 is 50.4. The number of hydrogen-bond donors (Lipinski definition) is 1. The van der Waals surface area contributed by atoms with Gasteiger partial charge in [0, 0.05) is 29.5 Å². The topological polar surface area (TPSA) is 96.0 Å². The van der Waals surface area contributed by atoms with Crippen LogP contribution in [0.4, 0.5) is 10.1 Å². The van der Waals surface area contributed by atoms with E-state index in [1.165, 1.54) is 34.9 Å². The van der Waals surface area contributed by atoms with Crippen molar-refractivity contribution in [3.63, 3.8) is 0 Å². The van der Waals surface area contributed by atoms with E-state index in [9.17, 15) is 18.0 Å². The number of anilines is 1. The Labute approximate surface area is 292 Å². The van der Waals surface area contributed by atoms with Crippen LogP contribution < -0.4 is 14.4 Å². The van der Waals surface area contributed by atoms with Gasteiger partial charge in [-0.1, -0.05) is 61.4 Å². The van der Waals surface area contributed by atoms with E-state index in [1.807, 2.05) is 43.5 Å². The minimum absolute atomic E-state index is 0.00690. The summed E-state index contributed by atoms with van der Waals surface area (Å²) in [5.74, 6) is -0.987. The normalized spacial score (nSPS) is 13.9. The van der Waals surface area contributed by atoms with Gasteiger partial charge in [0.05, 0.1) is 17.2 Å². The second-order valence-electron chi connectivity index (χ2n) is 11.9. The molecule has 49 heavy (non-hydrogen) atoms. The number of rotatable bonds is 15. The Morgan fingerprint density at radius 2 is 1.57 bits per heavy atom. The molecule has 4 aromatic carbocycles. The number of benzene rings is 4. The van der Waals surface area contributed by atoms with Crippen molar-refractivity contribution in [2.45, 2.75) is 67.4 Å². The monoisotopic (exact) mass is 703 g/mol. The third-order valence-electron chi connectivity index (χ3n) is 8.63. The Morgan fingerprint density at radius 1 is 0.918 bits per heavy atom. The fraction of sp³-hybridized carbons (Fsp3) is 0.316. The van der Waals surface area contributed by atoms with Crippen molar-refractivity contribution in [3.8, 4) is 5.75 Å². The summed E-state index contributed by atoms with van der Waals surface area (Å²) in [5, 5.41) is 3.13. The van der Waals surface area contributed by atoms with Crippen molar-refractivity contribution >= 4 is 39.3 Å². The number of amides is 2. The van der Waals surface area contributed by atoms with Crippen LogP contribution >= 0.6 is 11.8 Å². The lowest BCUT2D eigenvalue weighted by Crippen LogP contribution is -2.54. The Morgan fingerprint density at radius 3 is 2.20 bits per heavy atom. The molecule has 1 atom stereocenters. The third kappa shape index (κ3) is 9.21. The van der Waals surface area contributed by atoms with Crippen LogP contribution in [0.25, 0.3) is 0 Å². The van der Waals surface area contributed by atoms with Crippen molar-refractivity contribution < 1.29 is 27.1 Å². The summed E-state index contributed by atoms with van der Waals surface area (Å²) in [5.41, 5.74) is 1.27. The summed E-state index contributed by atoms with van der Waals surface area (Å²) in [6.45, 7) is 1.41. The lowest BCUT2D eigenvalue weighted by molar-refractivity contribution is -0.140. The second kappa shape index (κ2) is 16.8. The first-order valence-corrected chi connectivity index (χ1v) is 19.1. The molecule has 0 heterocycles. The maximum atomic E-state index is 15.2. The average molecular weight is 704 g/mol. The van der Waals surface area contributed by atoms with Gasteiger partial charge in [-0.15, -0.1) is 11.8 Å². The molecule has 0 unspecified atom stereocenters. The zero-order chi connectivity index (χ0) is 34.8. The van der Waals surface area contributed by atoms with Gasteiger partial charge in [0.25, 0.3) is 10.0 Å². The lowest BCUT2D eigenvalue weighted by Gasteiger charge is -2.34. The Kier molecular flexibility index (Phi) is 12.4. The van der Waals surface area contributed by atoms with E-state index >= 15 is 4.39 Å². The number of thioether (sulfide) groups is 1. The molecule has 0 bridgehead atoms. The number of nitrogens with zero attached hydrogens (tertiary/aromatic N) is 2. The fourth-order valence-electron chi connectivity index (χ4n) is 6.01. The highest BCUT2D eigenvalue weighted by molar-refractivity contribution is 7.98. The van der Waals surface area contributed by atoms with Gasteiger partial charge in [-0.3, -0.25) is 13.9 Å². The van der Waals surface area contributed by atoms with Crippen LogP contribution in [0.2, 0.25) is 0 Å². The van der Waals surface area contributed by atoms with Crippen molar-refractivity contribution in [2.24, 2.45) is 0 Å². The van der Waals surface area contributed by atoms with Crippen LogP contribution in [0.1, 0.15) is 43.7 Å². The fourth-order valence-corrected chi connectivity index (χ4v) is 7.83. The van der Waals surface area contributed by atoms with E-state index in [4.69, 9.17) is 4.74 Å². The van der Waals surface area contributed by atoms with Crippen molar-refractivity contribution in [2.75, 3.05) is 23.7 Å². The van der Waals surface area contributed by atoms with Crippen LogP contribution in [0.15, 0.2) is 113 Å². The highest BCUT2D eigenvalue weighted by atomic mass is 32.2. The van der Waals surface area contributed by atoms with Gasteiger partial charge < -0.3 is 15.0 Å². The Hall–Kier alpha value is -4.35. The van der Waals surface area contributed by atoms with E-state index in [2.05, 4.69) is 5.32 Å². The highest BCUT2D eigenvalue weighted by Gasteiger charge is 2.36. The maximum absolute atomic E-state index is 15.2. The summed E-state index contributed by atoms with van der Waals surface area (Å²) in [6, 6.07) is 27.3. The molecule has 0 aliphatic heterocycles. The molecule has 4 aromatic rings. The zero-order valence-corrected chi connectivity index (χ0v) is 29.4. The third-order valence-corrected chi connectivity index (χ3v) is 11.2. The SMILES string of the molecule is CCOc1ccc(N(CC(=O)N(Cc2ccccc2F)[C@H](Cc2ccccc2)C(=O)NC2CCCC2)S(=O)(=O)c2ccc(SC)cc2)cc1. The van der Waals surface area contributed by atoms with E-state index in [0.29, 0.717) is 12.4 Å². The summed E-state index contributed by atoms with van der Waals surface area (Å²) >= 11 is 1.48. The molecule has 1 aliphatic rings. The molecule has 1 saturated carbocycles. The molecular weight excluding hydrogens is 662 g/mol. The van der Waals surface area contributed by atoms with E-state index < -0.39 is 34.3 Å². The average Bonchev–Trinajstić information content (AvgIpc) is 3.63. The van der Waals surface area contributed by atoms with Gasteiger partial charge in [-0.05, 0) is 86.2 Å². The zero-order valence-electron chi connectivity index (χ0n) is 27.8. The van der Waals surface area contributed by atoms with Gasteiger partial charge in [0.15, 0.2) is 0 Å². The molecule has 5 rings (SSSR count). The number of nitrogens with one attached hydrogen (secondary N) is 1. The summed E-state index contributed by atoms with van der Waals surface area (Å²) in [4.78, 5) is 31.0. The van der Waals surface area contributed by atoms with Gasteiger partial charge in [-0.25, -0.2) is 12.8 Å². The van der Waals surface area contributed by atoms with Crippen molar-refractivity contribution in [3.05, 3.63) is 120 Å². The van der Waals surface area contributed by atoms with E-state index in [0.717, 1.165) is 40.4 Å². The van der Waals surface area contributed by atoms with Gasteiger partial charge in [0.1, 0.15) is 24.2 Å². The molecule has 258 valence electrons. The van der Waals surface area contributed by atoms with Crippen LogP contribution in [0.5, 0.6) is 5.75 Å². The molecular formula is C38H42FN3O5S2. The quantitative estimate of drug-likeness (QED) is 0.136. The van der Waals surface area contributed by atoms with E-state index in [-0.39, 0.29) is 41.1 Å². The Balaban J connectivity index is 1.57. The molecule has 0 saturated heterocycles. The predicted molar refractivity (Wildman–Crippen MR) is 192 cm³/mol. The number of halogens is 1. The number of sulfonamides is 1. The second-order valence-corrected chi connectivity index (χ2v) is 14.7. The van der Waals surface area contributed by atoms with Crippen LogP contribution in [0.3, 0.4) is 0 Å². The Bertz CT molecular complexity index is 1800. The number of carbonyl (C=O) groups excluding carboxylic acids is 2. The van der Waals surface area contributed by atoms with Crippen LogP contribution in [0, 0.1) is 5.82 Å². The first kappa shape index (κ1) is 35.9. The molecule has 0 aromatic heterocycles. The van der Waals surface area contributed by atoms with Gasteiger partial charge in [-0.2, -0.15) is 0 Å². The predicted octanol–water partition coefficient (Wildman–Crippen LogP) is 6.84. The molecule has 11 heteroatoms.